The van der Waals surface area contributed by atoms with E-state index in [2.05, 4.69) is 6.58 Å². The Morgan fingerprint density at radius 2 is 2.08 bits per heavy atom. The smallest absolute Gasteiger partial charge is 0.151 e. The van der Waals surface area contributed by atoms with Crippen LogP contribution in [0.2, 0.25) is 0 Å². The van der Waals surface area contributed by atoms with E-state index in [-0.39, 0.29) is 5.75 Å². The second-order valence-electron chi connectivity index (χ2n) is 3.30. The summed E-state index contributed by atoms with van der Waals surface area (Å²) >= 11 is 5.65. The molecule has 76 valence electrons. The predicted octanol–water partition coefficient (Wildman–Crippen LogP) is 0.859. The number of hydrogen-bond acceptors (Lipinski definition) is 3. The summed E-state index contributed by atoms with van der Waals surface area (Å²) in [6, 6.07) is 0. The molecule has 0 atom stereocenters. The molecule has 0 aliphatic carbocycles. The van der Waals surface area contributed by atoms with Gasteiger partial charge in [-0.1, -0.05) is 18.2 Å². The maximum absolute atomic E-state index is 11.2. The molecule has 1 saturated heterocycles. The zero-order valence-electron chi connectivity index (χ0n) is 7.50. The summed E-state index contributed by atoms with van der Waals surface area (Å²) in [6.45, 7) is 5.56. The van der Waals surface area contributed by atoms with Crippen LogP contribution in [0.25, 0.3) is 0 Å². The highest BCUT2D eigenvalue weighted by atomic mass is 35.5. The van der Waals surface area contributed by atoms with Gasteiger partial charge in [0.25, 0.3) is 0 Å². The lowest BCUT2D eigenvalue weighted by molar-refractivity contribution is 0.325. The molecule has 13 heavy (non-hydrogen) atoms. The molecule has 1 aliphatic heterocycles. The van der Waals surface area contributed by atoms with Crippen LogP contribution in [0.15, 0.2) is 11.6 Å². The van der Waals surface area contributed by atoms with Crippen molar-refractivity contribution in [1.82, 2.24) is 4.90 Å². The van der Waals surface area contributed by atoms with Crippen molar-refractivity contribution in [2.45, 2.75) is 6.42 Å². The molecule has 5 heteroatoms. The van der Waals surface area contributed by atoms with Gasteiger partial charge >= 0.3 is 0 Å². The molecule has 0 aromatic heterocycles. The number of halogens is 1. The van der Waals surface area contributed by atoms with E-state index in [0.717, 1.165) is 6.54 Å². The predicted molar refractivity (Wildman–Crippen MR) is 54.7 cm³/mol. The quantitative estimate of drug-likeness (QED) is 0.697. The minimum Gasteiger partial charge on any atom is -0.297 e. The molecule has 0 spiro atoms. The third-order valence-electron chi connectivity index (χ3n) is 2.04. The van der Waals surface area contributed by atoms with E-state index >= 15 is 0 Å². The van der Waals surface area contributed by atoms with E-state index in [4.69, 9.17) is 11.6 Å². The Balaban J connectivity index is 2.50. The van der Waals surface area contributed by atoms with Crippen LogP contribution < -0.4 is 0 Å². The lowest BCUT2D eigenvalue weighted by Crippen LogP contribution is -2.28. The fourth-order valence-corrected chi connectivity index (χ4v) is 2.87. The summed E-state index contributed by atoms with van der Waals surface area (Å²) in [4.78, 5) is 2.03. The van der Waals surface area contributed by atoms with Gasteiger partial charge in [0.15, 0.2) is 9.84 Å². The molecule has 1 aliphatic rings. The monoisotopic (exact) mass is 223 g/mol. The first kappa shape index (κ1) is 11.0. The van der Waals surface area contributed by atoms with Crippen molar-refractivity contribution >= 4 is 21.4 Å². The van der Waals surface area contributed by atoms with Crippen LogP contribution in [0.4, 0.5) is 0 Å². The molecular weight excluding hydrogens is 210 g/mol. The molecule has 0 saturated carbocycles. The molecule has 1 heterocycles. The first-order chi connectivity index (χ1) is 5.99. The van der Waals surface area contributed by atoms with Gasteiger partial charge in [-0.15, -0.1) is 0 Å². The Morgan fingerprint density at radius 3 is 2.69 bits per heavy atom. The minimum absolute atomic E-state index is 0.247. The molecule has 0 radical (unpaired) electrons. The van der Waals surface area contributed by atoms with E-state index in [0.29, 0.717) is 30.3 Å². The van der Waals surface area contributed by atoms with Gasteiger partial charge in [0.1, 0.15) is 0 Å². The second kappa shape index (κ2) is 4.44. The SMILES string of the molecule is C=C(Cl)CN1CCCS(=O)(=O)CC1. The minimum atomic E-state index is -2.80. The number of hydrogen-bond donors (Lipinski definition) is 0. The summed E-state index contributed by atoms with van der Waals surface area (Å²) in [5.41, 5.74) is 0. The first-order valence-electron chi connectivity index (χ1n) is 4.26. The van der Waals surface area contributed by atoms with E-state index in [1.54, 1.807) is 0 Å². The van der Waals surface area contributed by atoms with Gasteiger partial charge in [-0.05, 0) is 13.0 Å². The van der Waals surface area contributed by atoms with Crippen molar-refractivity contribution in [3.63, 3.8) is 0 Å². The van der Waals surface area contributed by atoms with Gasteiger partial charge in [-0.25, -0.2) is 8.42 Å². The fraction of sp³-hybridized carbons (Fsp3) is 0.750. The molecule has 3 nitrogen and oxygen atoms in total. The Morgan fingerprint density at radius 1 is 1.38 bits per heavy atom. The third kappa shape index (κ3) is 4.11. The second-order valence-corrected chi connectivity index (χ2v) is 6.14. The fourth-order valence-electron chi connectivity index (χ4n) is 1.39. The average molecular weight is 224 g/mol. The number of nitrogens with zero attached hydrogens (tertiary/aromatic N) is 1. The highest BCUT2D eigenvalue weighted by Crippen LogP contribution is 2.08. The molecule has 0 N–H and O–H groups in total. The summed E-state index contributed by atoms with van der Waals surface area (Å²) < 4.78 is 22.4. The van der Waals surface area contributed by atoms with E-state index in [9.17, 15) is 8.42 Å². The Hall–Kier alpha value is -0.0600. The zero-order valence-corrected chi connectivity index (χ0v) is 9.07. The van der Waals surface area contributed by atoms with Crippen LogP contribution in [-0.2, 0) is 9.84 Å². The summed E-state index contributed by atoms with van der Waals surface area (Å²) in [6.07, 6.45) is 0.701. The topological polar surface area (TPSA) is 37.4 Å². The van der Waals surface area contributed by atoms with Crippen molar-refractivity contribution in [2.24, 2.45) is 0 Å². The molecular formula is C8H14ClNO2S. The van der Waals surface area contributed by atoms with Gasteiger partial charge in [-0.3, -0.25) is 4.90 Å². The van der Waals surface area contributed by atoms with Crippen molar-refractivity contribution in [3.8, 4) is 0 Å². The standard InChI is InChI=1S/C8H14ClNO2S/c1-8(9)7-10-3-2-5-13(11,12)6-4-10/h1-7H2. The van der Waals surface area contributed by atoms with Crippen LogP contribution in [0.3, 0.4) is 0 Å². The Kier molecular flexibility index (Phi) is 3.76. The normalized spacial score (nSPS) is 23.8. The van der Waals surface area contributed by atoms with Gasteiger partial charge in [0.2, 0.25) is 0 Å². The molecule has 0 aromatic rings. The highest BCUT2D eigenvalue weighted by molar-refractivity contribution is 7.91. The lowest BCUT2D eigenvalue weighted by Gasteiger charge is -2.17. The molecule has 1 fully saturated rings. The van der Waals surface area contributed by atoms with Crippen molar-refractivity contribution < 1.29 is 8.42 Å². The van der Waals surface area contributed by atoms with Crippen LogP contribution in [0.1, 0.15) is 6.42 Å². The lowest BCUT2D eigenvalue weighted by atomic mass is 10.4. The van der Waals surface area contributed by atoms with Crippen molar-refractivity contribution in [3.05, 3.63) is 11.6 Å². The van der Waals surface area contributed by atoms with Crippen LogP contribution >= 0.6 is 11.6 Å². The Labute approximate surface area is 84.3 Å². The van der Waals surface area contributed by atoms with Crippen LogP contribution in [0, 0.1) is 0 Å². The average Bonchev–Trinajstić information content (AvgIpc) is 2.12. The molecule has 0 unspecified atom stereocenters. The number of rotatable bonds is 2. The first-order valence-corrected chi connectivity index (χ1v) is 6.45. The van der Waals surface area contributed by atoms with Crippen molar-refractivity contribution in [2.75, 3.05) is 31.1 Å². The van der Waals surface area contributed by atoms with Gasteiger partial charge in [0, 0.05) is 18.1 Å². The summed E-state index contributed by atoms with van der Waals surface area (Å²) in [7, 11) is -2.80. The van der Waals surface area contributed by atoms with Crippen LogP contribution in [-0.4, -0.2) is 44.5 Å². The summed E-state index contributed by atoms with van der Waals surface area (Å²) in [5.74, 6) is 0.551. The largest absolute Gasteiger partial charge is 0.297 e. The molecule has 0 aromatic carbocycles. The highest BCUT2D eigenvalue weighted by Gasteiger charge is 2.18. The maximum Gasteiger partial charge on any atom is 0.151 e. The van der Waals surface area contributed by atoms with E-state index in [1.165, 1.54) is 0 Å². The molecule has 1 rings (SSSR count). The van der Waals surface area contributed by atoms with Crippen LogP contribution in [0.5, 0.6) is 0 Å². The van der Waals surface area contributed by atoms with Gasteiger partial charge < -0.3 is 0 Å². The zero-order chi connectivity index (χ0) is 9.90. The van der Waals surface area contributed by atoms with Gasteiger partial charge in [-0.2, -0.15) is 0 Å². The van der Waals surface area contributed by atoms with E-state index in [1.807, 2.05) is 4.90 Å². The maximum atomic E-state index is 11.2. The Bertz CT molecular complexity index is 287. The van der Waals surface area contributed by atoms with Gasteiger partial charge in [0.05, 0.1) is 11.5 Å². The molecule has 0 bridgehead atoms. The summed E-state index contributed by atoms with van der Waals surface area (Å²) in [5, 5.41) is 0.569. The number of sulfone groups is 1. The molecule has 0 amide bonds. The van der Waals surface area contributed by atoms with Crippen molar-refractivity contribution in [1.29, 1.82) is 0 Å². The van der Waals surface area contributed by atoms with E-state index < -0.39 is 9.84 Å². The third-order valence-corrected chi connectivity index (χ3v) is 3.88.